The maximum atomic E-state index is 14.1. The van der Waals surface area contributed by atoms with E-state index in [0.29, 0.717) is 17.1 Å². The maximum Gasteiger partial charge on any atom is 0.234 e. The Balaban J connectivity index is 0.00000220. The minimum absolute atomic E-state index is 0. The molecule has 1 heterocycles. The molecular formula is C14H18Cl3FN2O. The smallest absolute Gasteiger partial charge is 0.234 e. The summed E-state index contributed by atoms with van der Waals surface area (Å²) >= 11 is 11.6. The Hall–Kier alpha value is -0.550. The number of carbonyl (C=O) groups excluding carboxylic acids is 1. The van der Waals surface area contributed by atoms with Gasteiger partial charge in [-0.25, -0.2) is 4.39 Å². The van der Waals surface area contributed by atoms with Gasteiger partial charge in [0.15, 0.2) is 0 Å². The molecule has 0 aromatic heterocycles. The van der Waals surface area contributed by atoms with Crippen molar-refractivity contribution in [2.24, 2.45) is 0 Å². The topological polar surface area (TPSA) is 32.3 Å². The first-order valence-corrected chi connectivity index (χ1v) is 7.55. The Kier molecular flexibility index (Phi) is 7.74. The van der Waals surface area contributed by atoms with E-state index >= 15 is 0 Å². The second kappa shape index (κ2) is 8.79. The lowest BCUT2D eigenvalue weighted by atomic mass is 10.0. The molecule has 0 saturated carbocycles. The van der Waals surface area contributed by atoms with Crippen LogP contribution in [0.5, 0.6) is 0 Å². The van der Waals surface area contributed by atoms with Gasteiger partial charge < -0.3 is 5.32 Å². The zero-order valence-electron chi connectivity index (χ0n) is 11.4. The van der Waals surface area contributed by atoms with Crippen LogP contribution in [0.3, 0.4) is 0 Å². The normalized spacial score (nSPS) is 16.3. The number of rotatable bonds is 5. The average molecular weight is 356 g/mol. The highest BCUT2D eigenvalue weighted by Gasteiger charge is 2.27. The van der Waals surface area contributed by atoms with E-state index in [4.69, 9.17) is 23.2 Å². The Bertz CT molecular complexity index is 461. The first-order chi connectivity index (χ1) is 9.63. The molecule has 1 saturated heterocycles. The van der Waals surface area contributed by atoms with Crippen molar-refractivity contribution in [3.8, 4) is 0 Å². The standard InChI is InChI=1S/C14H17Cl2FN2O.ClH/c15-8-13(20)18-9-12(19-6-1-2-7-19)14-10(16)4-3-5-11(14)17;/h3-5,12H,1-2,6-9H2,(H,18,20);1H. The summed E-state index contributed by atoms with van der Waals surface area (Å²) in [5, 5.41) is 3.12. The van der Waals surface area contributed by atoms with Crippen LogP contribution in [0.4, 0.5) is 4.39 Å². The molecule has 21 heavy (non-hydrogen) atoms. The number of likely N-dealkylation sites (tertiary alicyclic amines) is 1. The summed E-state index contributed by atoms with van der Waals surface area (Å²) in [5.74, 6) is -0.699. The molecule has 1 atom stereocenters. The molecule has 1 aliphatic heterocycles. The maximum absolute atomic E-state index is 14.1. The van der Waals surface area contributed by atoms with Gasteiger partial charge in [0.25, 0.3) is 0 Å². The molecule has 2 rings (SSSR count). The number of amides is 1. The van der Waals surface area contributed by atoms with Crippen molar-refractivity contribution in [3.05, 3.63) is 34.6 Å². The van der Waals surface area contributed by atoms with Crippen molar-refractivity contribution in [2.75, 3.05) is 25.5 Å². The van der Waals surface area contributed by atoms with E-state index in [1.807, 2.05) is 0 Å². The van der Waals surface area contributed by atoms with Gasteiger partial charge in [-0.3, -0.25) is 9.69 Å². The van der Waals surface area contributed by atoms with Crippen LogP contribution in [0, 0.1) is 5.82 Å². The van der Waals surface area contributed by atoms with Gasteiger partial charge in [0.05, 0.1) is 6.04 Å². The largest absolute Gasteiger partial charge is 0.353 e. The summed E-state index contributed by atoms with van der Waals surface area (Å²) in [7, 11) is 0. The van der Waals surface area contributed by atoms with Crippen molar-refractivity contribution in [2.45, 2.75) is 18.9 Å². The minimum atomic E-state index is -0.338. The van der Waals surface area contributed by atoms with Crippen LogP contribution in [0.15, 0.2) is 18.2 Å². The van der Waals surface area contributed by atoms with Crippen LogP contribution in [0.25, 0.3) is 0 Å². The quantitative estimate of drug-likeness (QED) is 0.821. The molecule has 1 N–H and O–H groups in total. The number of hydrogen-bond acceptors (Lipinski definition) is 2. The van der Waals surface area contributed by atoms with Gasteiger partial charge in [0.1, 0.15) is 11.7 Å². The second-order valence-electron chi connectivity index (χ2n) is 4.83. The molecule has 1 fully saturated rings. The Morgan fingerprint density at radius 2 is 2.05 bits per heavy atom. The molecule has 1 aromatic carbocycles. The molecule has 1 amide bonds. The molecule has 7 heteroatoms. The van der Waals surface area contributed by atoms with E-state index < -0.39 is 0 Å². The summed E-state index contributed by atoms with van der Waals surface area (Å²) in [6, 6.07) is 4.40. The second-order valence-corrected chi connectivity index (χ2v) is 5.51. The summed E-state index contributed by atoms with van der Waals surface area (Å²) in [4.78, 5) is 13.5. The molecular weight excluding hydrogens is 338 g/mol. The average Bonchev–Trinajstić information content (AvgIpc) is 2.95. The van der Waals surface area contributed by atoms with Gasteiger partial charge in [-0.2, -0.15) is 0 Å². The number of benzene rings is 1. The molecule has 1 unspecified atom stereocenters. The van der Waals surface area contributed by atoms with Gasteiger partial charge in [-0.15, -0.1) is 24.0 Å². The fourth-order valence-corrected chi connectivity index (χ4v) is 2.94. The molecule has 0 radical (unpaired) electrons. The SMILES string of the molecule is Cl.O=C(CCl)NCC(c1c(F)cccc1Cl)N1CCCC1. The number of carbonyl (C=O) groups is 1. The van der Waals surface area contributed by atoms with Gasteiger partial charge in [-0.1, -0.05) is 17.7 Å². The minimum Gasteiger partial charge on any atom is -0.353 e. The highest BCUT2D eigenvalue weighted by atomic mass is 35.5. The Labute approximate surface area is 140 Å². The molecule has 118 valence electrons. The molecule has 0 spiro atoms. The summed E-state index contributed by atoms with van der Waals surface area (Å²) in [6.45, 7) is 2.07. The van der Waals surface area contributed by atoms with Gasteiger partial charge >= 0.3 is 0 Å². The summed E-state index contributed by atoms with van der Waals surface area (Å²) in [5.41, 5.74) is 0.450. The third-order valence-electron chi connectivity index (χ3n) is 3.53. The first-order valence-electron chi connectivity index (χ1n) is 6.64. The summed E-state index contributed by atoms with van der Waals surface area (Å²) in [6.07, 6.45) is 2.15. The fourth-order valence-electron chi connectivity index (χ4n) is 2.55. The Morgan fingerprint density at radius 1 is 1.38 bits per heavy atom. The Morgan fingerprint density at radius 3 is 2.62 bits per heavy atom. The van der Waals surface area contributed by atoms with Crippen molar-refractivity contribution < 1.29 is 9.18 Å². The highest BCUT2D eigenvalue weighted by molar-refractivity contribution is 6.31. The lowest BCUT2D eigenvalue weighted by Crippen LogP contribution is -2.37. The molecule has 0 aliphatic carbocycles. The van der Waals surface area contributed by atoms with Crippen molar-refractivity contribution in [1.29, 1.82) is 0 Å². The van der Waals surface area contributed by atoms with Crippen molar-refractivity contribution >= 4 is 41.5 Å². The number of nitrogens with one attached hydrogen (secondary N) is 1. The van der Waals surface area contributed by atoms with Crippen LogP contribution in [-0.4, -0.2) is 36.3 Å². The fraction of sp³-hybridized carbons (Fsp3) is 0.500. The lowest BCUT2D eigenvalue weighted by molar-refractivity contribution is -0.118. The van der Waals surface area contributed by atoms with E-state index in [2.05, 4.69) is 10.2 Å². The van der Waals surface area contributed by atoms with E-state index in [-0.39, 0.29) is 36.1 Å². The molecule has 1 aromatic rings. The van der Waals surface area contributed by atoms with E-state index in [1.165, 1.54) is 6.07 Å². The van der Waals surface area contributed by atoms with Crippen LogP contribution in [0.1, 0.15) is 24.4 Å². The number of nitrogens with zero attached hydrogens (tertiary/aromatic N) is 1. The van der Waals surface area contributed by atoms with Gasteiger partial charge in [0, 0.05) is 17.1 Å². The zero-order valence-corrected chi connectivity index (χ0v) is 13.8. The third-order valence-corrected chi connectivity index (χ3v) is 4.10. The van der Waals surface area contributed by atoms with Crippen LogP contribution >= 0.6 is 35.6 Å². The zero-order chi connectivity index (χ0) is 14.5. The van der Waals surface area contributed by atoms with Crippen LogP contribution < -0.4 is 5.32 Å². The van der Waals surface area contributed by atoms with E-state index in [9.17, 15) is 9.18 Å². The number of hydrogen-bond donors (Lipinski definition) is 1. The van der Waals surface area contributed by atoms with Crippen molar-refractivity contribution in [1.82, 2.24) is 10.2 Å². The van der Waals surface area contributed by atoms with Crippen LogP contribution in [-0.2, 0) is 4.79 Å². The predicted molar refractivity (Wildman–Crippen MR) is 85.9 cm³/mol. The molecule has 0 bridgehead atoms. The number of alkyl halides is 1. The summed E-state index contributed by atoms with van der Waals surface area (Å²) < 4.78 is 14.1. The van der Waals surface area contributed by atoms with Crippen LogP contribution in [0.2, 0.25) is 5.02 Å². The lowest BCUT2D eigenvalue weighted by Gasteiger charge is -2.29. The van der Waals surface area contributed by atoms with Gasteiger partial charge in [-0.05, 0) is 38.1 Å². The first kappa shape index (κ1) is 18.5. The van der Waals surface area contributed by atoms with Gasteiger partial charge in [0.2, 0.25) is 5.91 Å². The highest BCUT2D eigenvalue weighted by Crippen LogP contribution is 2.31. The number of halogens is 4. The van der Waals surface area contributed by atoms with Crippen molar-refractivity contribution in [3.63, 3.8) is 0 Å². The third kappa shape index (κ3) is 4.71. The van der Waals surface area contributed by atoms with E-state index in [0.717, 1.165) is 25.9 Å². The predicted octanol–water partition coefficient (Wildman–Crippen LogP) is 3.39. The van der Waals surface area contributed by atoms with E-state index in [1.54, 1.807) is 12.1 Å². The molecule has 1 aliphatic rings. The molecule has 3 nitrogen and oxygen atoms in total. The monoisotopic (exact) mass is 354 g/mol.